The minimum atomic E-state index is -0.135. The molecule has 0 unspecified atom stereocenters. The standard InChI is InChI=1S/C21H23N3O2/c1-13-3-4-14(12-25)9-20(13)23-21(26)15-5-6-18-16(10-15)17-11-24(2)8-7-19(17)22-18/h3-6,9-10,22,25H,7-8,11-12H2,1-2H3,(H,23,26). The molecule has 3 aromatic rings. The summed E-state index contributed by atoms with van der Waals surface area (Å²) in [5, 5.41) is 13.4. The van der Waals surface area contributed by atoms with Crippen LogP contribution in [0.5, 0.6) is 0 Å². The maximum absolute atomic E-state index is 12.8. The highest BCUT2D eigenvalue weighted by molar-refractivity contribution is 6.07. The Morgan fingerprint density at radius 1 is 1.27 bits per heavy atom. The molecule has 2 heterocycles. The predicted molar refractivity (Wildman–Crippen MR) is 103 cm³/mol. The van der Waals surface area contributed by atoms with Gasteiger partial charge < -0.3 is 20.3 Å². The Hall–Kier alpha value is -2.63. The van der Waals surface area contributed by atoms with Gasteiger partial charge in [-0.25, -0.2) is 0 Å². The van der Waals surface area contributed by atoms with Gasteiger partial charge in [0.05, 0.1) is 6.61 Å². The molecule has 0 radical (unpaired) electrons. The van der Waals surface area contributed by atoms with Gasteiger partial charge in [-0.1, -0.05) is 12.1 Å². The third-order valence-electron chi connectivity index (χ3n) is 5.16. The van der Waals surface area contributed by atoms with Crippen LogP contribution in [0.2, 0.25) is 0 Å². The average Bonchev–Trinajstić information content (AvgIpc) is 3.00. The van der Waals surface area contributed by atoms with Gasteiger partial charge in [0, 0.05) is 47.4 Å². The smallest absolute Gasteiger partial charge is 0.255 e. The summed E-state index contributed by atoms with van der Waals surface area (Å²) in [6, 6.07) is 11.4. The second-order valence-corrected chi connectivity index (χ2v) is 7.09. The Balaban J connectivity index is 1.66. The number of rotatable bonds is 3. The number of likely N-dealkylation sites (N-methyl/N-ethyl adjacent to an activating group) is 1. The van der Waals surface area contributed by atoms with Gasteiger partial charge in [0.15, 0.2) is 0 Å². The van der Waals surface area contributed by atoms with Crippen molar-refractivity contribution in [3.63, 3.8) is 0 Å². The van der Waals surface area contributed by atoms with E-state index < -0.39 is 0 Å². The second-order valence-electron chi connectivity index (χ2n) is 7.09. The van der Waals surface area contributed by atoms with Crippen LogP contribution >= 0.6 is 0 Å². The number of nitrogens with one attached hydrogen (secondary N) is 2. The van der Waals surface area contributed by atoms with Crippen molar-refractivity contribution in [3.8, 4) is 0 Å². The summed E-state index contributed by atoms with van der Waals surface area (Å²) in [6.07, 6.45) is 1.01. The van der Waals surface area contributed by atoms with Gasteiger partial charge in [-0.3, -0.25) is 4.79 Å². The largest absolute Gasteiger partial charge is 0.392 e. The lowest BCUT2D eigenvalue weighted by molar-refractivity contribution is 0.102. The fourth-order valence-electron chi connectivity index (χ4n) is 3.59. The van der Waals surface area contributed by atoms with Crippen LogP contribution in [0.15, 0.2) is 36.4 Å². The molecule has 0 spiro atoms. The van der Waals surface area contributed by atoms with Crippen molar-refractivity contribution in [2.24, 2.45) is 0 Å². The Kier molecular flexibility index (Phi) is 4.26. The first-order valence-corrected chi connectivity index (χ1v) is 8.89. The number of aliphatic hydroxyl groups excluding tert-OH is 1. The van der Waals surface area contributed by atoms with Crippen LogP contribution in [0, 0.1) is 6.92 Å². The maximum Gasteiger partial charge on any atom is 0.255 e. The van der Waals surface area contributed by atoms with Gasteiger partial charge in [-0.15, -0.1) is 0 Å². The van der Waals surface area contributed by atoms with E-state index in [1.807, 2.05) is 43.3 Å². The average molecular weight is 349 g/mol. The molecule has 0 fully saturated rings. The molecule has 0 aliphatic carbocycles. The van der Waals surface area contributed by atoms with Crippen molar-refractivity contribution in [1.82, 2.24) is 9.88 Å². The third kappa shape index (κ3) is 3.00. The van der Waals surface area contributed by atoms with E-state index in [1.165, 1.54) is 11.3 Å². The van der Waals surface area contributed by atoms with Crippen molar-refractivity contribution in [2.75, 3.05) is 18.9 Å². The summed E-state index contributed by atoms with van der Waals surface area (Å²) in [6.45, 7) is 3.85. The van der Waals surface area contributed by atoms with Crippen molar-refractivity contribution < 1.29 is 9.90 Å². The first-order chi connectivity index (χ1) is 12.5. The van der Waals surface area contributed by atoms with E-state index >= 15 is 0 Å². The summed E-state index contributed by atoms with van der Waals surface area (Å²) in [5.41, 5.74) is 6.78. The minimum Gasteiger partial charge on any atom is -0.392 e. The summed E-state index contributed by atoms with van der Waals surface area (Å²) in [4.78, 5) is 18.6. The van der Waals surface area contributed by atoms with Crippen LogP contribution in [0.3, 0.4) is 0 Å². The fraction of sp³-hybridized carbons (Fsp3) is 0.286. The van der Waals surface area contributed by atoms with E-state index in [2.05, 4.69) is 22.2 Å². The number of aliphatic hydroxyl groups is 1. The number of fused-ring (bicyclic) bond motifs is 3. The zero-order valence-electron chi connectivity index (χ0n) is 15.1. The number of aryl methyl sites for hydroxylation is 1. The molecule has 4 rings (SSSR count). The molecular formula is C21H23N3O2. The molecule has 1 amide bonds. The Morgan fingerprint density at radius 3 is 2.92 bits per heavy atom. The highest BCUT2D eigenvalue weighted by Gasteiger charge is 2.19. The van der Waals surface area contributed by atoms with Gasteiger partial charge in [0.2, 0.25) is 0 Å². The number of H-pyrrole nitrogens is 1. The Morgan fingerprint density at radius 2 is 2.12 bits per heavy atom. The molecule has 1 aliphatic heterocycles. The zero-order valence-corrected chi connectivity index (χ0v) is 15.1. The number of aromatic nitrogens is 1. The van der Waals surface area contributed by atoms with Crippen LogP contribution in [0.25, 0.3) is 10.9 Å². The third-order valence-corrected chi connectivity index (χ3v) is 5.16. The number of carbonyl (C=O) groups is 1. The van der Waals surface area contributed by atoms with E-state index in [9.17, 15) is 9.90 Å². The molecule has 5 nitrogen and oxygen atoms in total. The van der Waals surface area contributed by atoms with Gasteiger partial charge >= 0.3 is 0 Å². The maximum atomic E-state index is 12.8. The molecule has 0 saturated carbocycles. The van der Waals surface area contributed by atoms with Gasteiger partial charge in [-0.2, -0.15) is 0 Å². The monoisotopic (exact) mass is 349 g/mol. The van der Waals surface area contributed by atoms with Crippen molar-refractivity contribution in [1.29, 1.82) is 0 Å². The summed E-state index contributed by atoms with van der Waals surface area (Å²) < 4.78 is 0. The quantitative estimate of drug-likeness (QED) is 0.680. The van der Waals surface area contributed by atoms with E-state index in [1.54, 1.807) is 0 Å². The van der Waals surface area contributed by atoms with Crippen LogP contribution < -0.4 is 5.32 Å². The second kappa shape index (κ2) is 6.59. The minimum absolute atomic E-state index is 0.0435. The molecule has 1 aromatic heterocycles. The molecule has 1 aliphatic rings. The first kappa shape index (κ1) is 16.8. The zero-order chi connectivity index (χ0) is 18.3. The van der Waals surface area contributed by atoms with Crippen molar-refractivity contribution >= 4 is 22.5 Å². The molecule has 3 N–H and O–H groups in total. The van der Waals surface area contributed by atoms with Crippen LogP contribution in [0.1, 0.15) is 32.7 Å². The number of hydrogen-bond donors (Lipinski definition) is 3. The lowest BCUT2D eigenvalue weighted by Gasteiger charge is -2.22. The van der Waals surface area contributed by atoms with E-state index in [4.69, 9.17) is 0 Å². The van der Waals surface area contributed by atoms with Crippen molar-refractivity contribution in [2.45, 2.75) is 26.5 Å². The van der Waals surface area contributed by atoms with Crippen LogP contribution in [0.4, 0.5) is 5.69 Å². The predicted octanol–water partition coefficient (Wildman–Crippen LogP) is 3.21. The van der Waals surface area contributed by atoms with Gasteiger partial charge in [0.25, 0.3) is 5.91 Å². The SMILES string of the molecule is Cc1ccc(CO)cc1NC(=O)c1ccc2[nH]c3c(c2c1)CN(C)CC3. The van der Waals surface area contributed by atoms with E-state index in [0.29, 0.717) is 5.56 Å². The molecule has 0 atom stereocenters. The fourth-order valence-corrected chi connectivity index (χ4v) is 3.59. The van der Waals surface area contributed by atoms with Crippen molar-refractivity contribution in [3.05, 3.63) is 64.3 Å². The van der Waals surface area contributed by atoms with Crippen LogP contribution in [-0.2, 0) is 19.6 Å². The number of hydrogen-bond acceptors (Lipinski definition) is 3. The Bertz CT molecular complexity index is 990. The molecular weight excluding hydrogens is 326 g/mol. The molecule has 26 heavy (non-hydrogen) atoms. The summed E-state index contributed by atoms with van der Waals surface area (Å²) in [5.74, 6) is -0.135. The van der Waals surface area contributed by atoms with Gasteiger partial charge in [0.1, 0.15) is 0 Å². The lowest BCUT2D eigenvalue weighted by atomic mass is 10.0. The highest BCUT2D eigenvalue weighted by atomic mass is 16.3. The number of amides is 1. The van der Waals surface area contributed by atoms with Crippen LogP contribution in [-0.4, -0.2) is 34.5 Å². The number of anilines is 1. The highest BCUT2D eigenvalue weighted by Crippen LogP contribution is 2.28. The molecule has 0 bridgehead atoms. The van der Waals surface area contributed by atoms with E-state index in [0.717, 1.165) is 47.2 Å². The summed E-state index contributed by atoms with van der Waals surface area (Å²) in [7, 11) is 2.12. The number of aromatic amines is 1. The Labute approximate surface area is 152 Å². The van der Waals surface area contributed by atoms with Gasteiger partial charge in [-0.05, 0) is 54.9 Å². The normalized spacial score (nSPS) is 14.4. The number of carbonyl (C=O) groups excluding carboxylic acids is 1. The first-order valence-electron chi connectivity index (χ1n) is 8.89. The number of benzene rings is 2. The topological polar surface area (TPSA) is 68.4 Å². The molecule has 2 aromatic carbocycles. The van der Waals surface area contributed by atoms with E-state index in [-0.39, 0.29) is 12.5 Å². The molecule has 0 saturated heterocycles. The lowest BCUT2D eigenvalue weighted by Crippen LogP contribution is -2.26. The molecule has 134 valence electrons. The summed E-state index contributed by atoms with van der Waals surface area (Å²) >= 11 is 0. The molecule has 5 heteroatoms. The number of nitrogens with zero attached hydrogens (tertiary/aromatic N) is 1.